The first kappa shape index (κ1) is 98.8. The van der Waals surface area contributed by atoms with Crippen LogP contribution in [0.1, 0.15) is 370 Å². The van der Waals surface area contributed by atoms with Gasteiger partial charge in [-0.1, -0.05) is 357 Å². The van der Waals surface area contributed by atoms with Crippen molar-refractivity contribution in [1.29, 1.82) is 0 Å². The minimum Gasteiger partial charge on any atom is -0.311 e. The van der Waals surface area contributed by atoms with E-state index in [0.29, 0.717) is 0 Å². The molecule has 0 spiro atoms. The quantitative estimate of drug-likeness (QED) is 0.147. The smallest absolute Gasteiger partial charge is 0.254 e. The number of nitrogens with zero attached hydrogens (tertiary/aromatic N) is 4. The van der Waals surface area contributed by atoms with E-state index in [0.717, 1.165) is 44.9 Å². The van der Waals surface area contributed by atoms with Crippen LogP contribution in [0.15, 0.2) is 237 Å². The van der Waals surface area contributed by atoms with Gasteiger partial charge in [-0.2, -0.15) is 0 Å². The van der Waals surface area contributed by atoms with Crippen molar-refractivity contribution in [3.8, 4) is 22.3 Å². The Bertz CT molecular complexity index is 8300. The summed E-state index contributed by atoms with van der Waals surface area (Å²) in [7, 11) is 0. The summed E-state index contributed by atoms with van der Waals surface area (Å²) in [5, 5.41) is 10.6. The lowest BCUT2D eigenvalue weighted by atomic mass is 9.33. The van der Waals surface area contributed by atoms with Crippen molar-refractivity contribution in [1.82, 2.24) is 0 Å². The maximum absolute atomic E-state index is 2.82. The molecule has 0 fully saturated rings. The molecule has 0 saturated heterocycles. The predicted octanol–water partition coefficient (Wildman–Crippen LogP) is 36.5. The number of hydrogen-bond donors (Lipinski definition) is 0. The van der Waals surface area contributed by atoms with Gasteiger partial charge in [0.2, 0.25) is 0 Å². The normalized spacial score (nSPS) is 18.8. The molecule has 8 aliphatic rings. The third-order valence-corrected chi connectivity index (χ3v) is 40.3. The topological polar surface area (TPSA) is 13.0 Å². The molecule has 24 rings (SSSR count). The predicted molar refractivity (Wildman–Crippen MR) is 649 cm³/mol. The molecule has 1 unspecified atom stereocenters. The van der Waals surface area contributed by atoms with Gasteiger partial charge in [-0.15, -0.1) is 22.7 Å². The summed E-state index contributed by atoms with van der Waals surface area (Å²) in [6.45, 7) is 83.8. The van der Waals surface area contributed by atoms with Crippen molar-refractivity contribution >= 4 is 177 Å². The van der Waals surface area contributed by atoms with E-state index in [2.05, 4.69) is 503 Å². The Labute approximate surface area is 894 Å². The summed E-state index contributed by atoms with van der Waals surface area (Å²) >= 11 is 4.10. The van der Waals surface area contributed by atoms with Crippen LogP contribution in [-0.4, -0.2) is 13.4 Å². The zero-order chi connectivity index (χ0) is 105. The Morgan fingerprint density at radius 1 is 0.250 bits per heavy atom. The number of fused-ring (bicyclic) bond motifs is 18. The van der Waals surface area contributed by atoms with E-state index in [4.69, 9.17) is 0 Å². The molecule has 0 bridgehead atoms. The lowest BCUT2D eigenvalue weighted by Crippen LogP contribution is -2.61. The minimum atomic E-state index is -0.341. The van der Waals surface area contributed by atoms with E-state index in [-0.39, 0.29) is 95.2 Å². The molecule has 148 heavy (non-hydrogen) atoms. The number of anilines is 12. The Hall–Kier alpha value is -11.2. The molecule has 8 heteroatoms. The Balaban J connectivity index is 0.739. The van der Waals surface area contributed by atoms with Crippen LogP contribution in [-0.2, 0) is 75.8 Å². The monoisotopic (exact) mass is 1980 g/mol. The highest BCUT2D eigenvalue weighted by molar-refractivity contribution is 7.27. The van der Waals surface area contributed by atoms with E-state index < -0.39 is 0 Å². The van der Waals surface area contributed by atoms with Crippen LogP contribution in [0.3, 0.4) is 0 Å². The van der Waals surface area contributed by atoms with Gasteiger partial charge in [0.05, 0.1) is 10.0 Å². The first-order valence-corrected chi connectivity index (χ1v) is 57.4. The fraction of sp³-hybridized carbons (Fsp3) is 0.400. The van der Waals surface area contributed by atoms with Crippen LogP contribution < -0.4 is 52.4 Å². The van der Waals surface area contributed by atoms with Gasteiger partial charge in [0.25, 0.3) is 13.4 Å². The fourth-order valence-electron chi connectivity index (χ4n) is 28.0. The Morgan fingerprint density at radius 3 is 1.14 bits per heavy atom. The molecule has 4 aliphatic heterocycles. The van der Waals surface area contributed by atoms with Crippen LogP contribution in [0, 0.1) is 0 Å². The standard InChI is InChI=1S/C140H156B2N4S2/c1-127(2,3)86-48-54-113-112(72-86)142-122-101-77-107-109(79-120(101)148-126(122)145(92-49-51-102-104(74-92)135(23,24)57-55-133(102,19)20)117-63-84(83-46-45-81-39-35-36-40-82(81)61-83)62-115(124(117)142)143(113)94-68-88(129(7,8)9)66-89(69-94)130(10,11)12)140(33,34)110(80-139(107,31)32)99-44-38-42-97-96(41-37-43-98(97)99)85-64-116-123-118(65-85)146(93-50-52-103-105(75-93)136(25,26)58-56-134(103,21)22)125-121(100-76-106-108(78-119(100)147-125)138(29,30)60-59-137(106,27)28)141(123)111-53-47-87(128(4,5)6)73-114(111)144(116)95-70-90(131(13,14)15)67-91(71-95)132(16,17)18/h35-54,61-79,110H,55-60,80H2,1-34H3. The molecule has 4 aliphatic carbocycles. The second kappa shape index (κ2) is 32.2. The van der Waals surface area contributed by atoms with E-state index in [1.807, 2.05) is 11.3 Å². The largest absolute Gasteiger partial charge is 0.311 e. The highest BCUT2D eigenvalue weighted by atomic mass is 32.1. The van der Waals surface area contributed by atoms with E-state index in [9.17, 15) is 0 Å². The number of rotatable bonds is 7. The molecular formula is C140H156B2N4S2. The molecule has 16 aromatic rings. The van der Waals surface area contributed by atoms with Crippen LogP contribution in [0.25, 0.3) is 64.0 Å². The van der Waals surface area contributed by atoms with E-state index in [1.165, 1.54) is 247 Å². The maximum atomic E-state index is 2.82. The van der Waals surface area contributed by atoms with Crippen molar-refractivity contribution in [2.24, 2.45) is 0 Å². The number of benzene rings is 14. The lowest BCUT2D eigenvalue weighted by Gasteiger charge is -2.48. The van der Waals surface area contributed by atoms with E-state index in [1.54, 1.807) is 0 Å². The van der Waals surface area contributed by atoms with Gasteiger partial charge in [-0.05, 0) is 413 Å². The third-order valence-electron chi connectivity index (χ3n) is 38.0. The molecule has 4 nitrogen and oxygen atoms in total. The van der Waals surface area contributed by atoms with Gasteiger partial charge in [-0.3, -0.25) is 0 Å². The molecular weight excluding hydrogens is 1820 g/mol. The second-order valence-corrected chi connectivity index (χ2v) is 60.1. The summed E-state index contributed by atoms with van der Waals surface area (Å²) in [4.78, 5) is 11.1. The summed E-state index contributed by atoms with van der Waals surface area (Å²) < 4.78 is 2.73. The zero-order valence-electron chi connectivity index (χ0n) is 95.3. The average molecular weight is 1980 g/mol. The van der Waals surface area contributed by atoms with Crippen LogP contribution in [0.4, 0.5) is 66.9 Å². The van der Waals surface area contributed by atoms with Crippen LogP contribution in [0.5, 0.6) is 0 Å². The molecule has 6 heterocycles. The SMILES string of the molecule is CC(C)(C)c1cc(N2c3cc(C(C)(C)C)ccc3B3c4c2cc(-c2cccc5c(C6CC(C)(C)c7cc8c9c(sc8cc7C6(C)C)N(c6ccc7c(c6)C(C)(C)CCC7(C)C)c6cc(-c7ccc8ccccc8c7)cc7c6B9c6cc(C(C)(C)C)ccc6N7c6cc(C(C)(C)C)cc(C(C)(C)C)c6)cccc25)cc4N(c2ccc4c(c2)C(C)(C)CCC4(C)C)c2sc4cc5c(cc4c23)C(C)(C)CCC5(C)C)cc(C(C)(C)C)c1. The van der Waals surface area contributed by atoms with Crippen molar-refractivity contribution < 1.29 is 0 Å². The first-order chi connectivity index (χ1) is 69.1. The van der Waals surface area contributed by atoms with Gasteiger partial charge < -0.3 is 19.6 Å². The van der Waals surface area contributed by atoms with Gasteiger partial charge in [0, 0.05) is 66.3 Å². The molecule has 0 saturated carbocycles. The van der Waals surface area contributed by atoms with E-state index >= 15 is 0 Å². The first-order valence-electron chi connectivity index (χ1n) is 55.8. The summed E-state index contributed by atoms with van der Waals surface area (Å²) in [5.74, 6) is 0.132. The van der Waals surface area contributed by atoms with Crippen LogP contribution >= 0.6 is 22.7 Å². The van der Waals surface area contributed by atoms with Gasteiger partial charge in [-0.25, -0.2) is 0 Å². The second-order valence-electron chi connectivity index (χ2n) is 58.0. The minimum absolute atomic E-state index is 0.00314. The van der Waals surface area contributed by atoms with Gasteiger partial charge in [0.1, 0.15) is 0 Å². The lowest BCUT2D eigenvalue weighted by molar-refractivity contribution is 0.284. The van der Waals surface area contributed by atoms with Crippen molar-refractivity contribution in [2.75, 3.05) is 19.6 Å². The van der Waals surface area contributed by atoms with Crippen molar-refractivity contribution in [3.63, 3.8) is 0 Å². The zero-order valence-corrected chi connectivity index (χ0v) is 96.9. The molecule has 0 N–H and O–H groups in total. The number of thiophene rings is 2. The summed E-state index contributed by atoms with van der Waals surface area (Å²) in [6.07, 6.45) is 7.84. The average Bonchev–Trinajstić information content (AvgIpc) is 1.38. The highest BCUT2D eigenvalue weighted by Gasteiger charge is 2.54. The third kappa shape index (κ3) is 15.3. The molecule has 2 aromatic heterocycles. The molecule has 754 valence electrons. The molecule has 14 aromatic carbocycles. The molecule has 0 amide bonds. The van der Waals surface area contributed by atoms with Crippen molar-refractivity contribution in [3.05, 3.63) is 320 Å². The van der Waals surface area contributed by atoms with Crippen molar-refractivity contribution in [2.45, 2.75) is 362 Å². The summed E-state index contributed by atoms with van der Waals surface area (Å²) in [5.41, 5.74) is 45.6. The van der Waals surface area contributed by atoms with Gasteiger partial charge >= 0.3 is 0 Å². The summed E-state index contributed by atoms with van der Waals surface area (Å²) in [6, 6.07) is 98.8. The molecule has 1 atom stereocenters. The Morgan fingerprint density at radius 2 is 0.649 bits per heavy atom. The highest BCUT2D eigenvalue weighted by Crippen LogP contribution is 2.63. The van der Waals surface area contributed by atoms with Crippen LogP contribution in [0.2, 0.25) is 0 Å². The fourth-order valence-corrected chi connectivity index (χ4v) is 30.6. The maximum Gasteiger partial charge on any atom is 0.254 e. The molecule has 0 radical (unpaired) electrons. The Kier molecular flexibility index (Phi) is 21.5. The number of hydrogen-bond acceptors (Lipinski definition) is 6. The van der Waals surface area contributed by atoms with Gasteiger partial charge in [0.15, 0.2) is 0 Å².